The van der Waals surface area contributed by atoms with Gasteiger partial charge >= 0.3 is 0 Å². The van der Waals surface area contributed by atoms with Crippen LogP contribution in [0, 0.1) is 28.6 Å². The molecule has 1 heterocycles. The molecule has 2 fully saturated rings. The summed E-state index contributed by atoms with van der Waals surface area (Å²) >= 11 is 0. The zero-order valence-corrected chi connectivity index (χ0v) is 9.45. The van der Waals surface area contributed by atoms with E-state index in [1.54, 1.807) is 0 Å². The molecule has 1 saturated carbocycles. The van der Waals surface area contributed by atoms with Crippen LogP contribution in [0.3, 0.4) is 0 Å². The molecule has 14 heavy (non-hydrogen) atoms. The van der Waals surface area contributed by atoms with E-state index in [9.17, 15) is 0 Å². The maximum absolute atomic E-state index is 8.98. The van der Waals surface area contributed by atoms with Gasteiger partial charge in [0.2, 0.25) is 0 Å². The van der Waals surface area contributed by atoms with Crippen LogP contribution < -0.4 is 0 Å². The van der Waals surface area contributed by atoms with Gasteiger partial charge in [-0.15, -0.1) is 0 Å². The van der Waals surface area contributed by atoms with E-state index < -0.39 is 0 Å². The summed E-state index contributed by atoms with van der Waals surface area (Å²) in [5.74, 6) is 2.00. The van der Waals surface area contributed by atoms with Crippen LogP contribution in [-0.2, 0) is 0 Å². The summed E-state index contributed by atoms with van der Waals surface area (Å²) < 4.78 is 0. The van der Waals surface area contributed by atoms with E-state index in [-0.39, 0.29) is 5.41 Å². The van der Waals surface area contributed by atoms with Crippen molar-refractivity contribution in [1.82, 2.24) is 4.90 Å². The molecule has 3 atom stereocenters. The first-order chi connectivity index (χ1) is 6.52. The monoisotopic (exact) mass is 192 g/mol. The summed E-state index contributed by atoms with van der Waals surface area (Å²) in [5, 5.41) is 8.98. The van der Waals surface area contributed by atoms with Gasteiger partial charge in [-0.2, -0.15) is 5.26 Å². The highest BCUT2D eigenvalue weighted by molar-refractivity contribution is 5.00. The number of fused-ring (bicyclic) bond motifs is 1. The van der Waals surface area contributed by atoms with Gasteiger partial charge in [0.05, 0.1) is 11.5 Å². The van der Waals surface area contributed by atoms with Gasteiger partial charge in [0.15, 0.2) is 0 Å². The Bertz CT molecular complexity index is 254. The summed E-state index contributed by atoms with van der Waals surface area (Å²) in [4.78, 5) is 2.57. The Morgan fingerprint density at radius 3 is 2.50 bits per heavy atom. The fraction of sp³-hybridized carbons (Fsp3) is 0.917. The summed E-state index contributed by atoms with van der Waals surface area (Å²) in [6.07, 6.45) is 2.47. The quantitative estimate of drug-likeness (QED) is 0.686. The maximum atomic E-state index is 8.98. The average molecular weight is 192 g/mol. The van der Waals surface area contributed by atoms with Gasteiger partial charge < -0.3 is 4.90 Å². The molecule has 78 valence electrons. The van der Waals surface area contributed by atoms with Crippen molar-refractivity contribution < 1.29 is 0 Å². The molecule has 0 radical (unpaired) electrons. The molecule has 2 nitrogen and oxygen atoms in total. The Labute approximate surface area is 86.9 Å². The van der Waals surface area contributed by atoms with Crippen LogP contribution >= 0.6 is 0 Å². The van der Waals surface area contributed by atoms with E-state index in [4.69, 9.17) is 5.26 Å². The SMILES string of the molecule is CC(CC(C)(C)C#N)N1CC2CC2C1. The number of rotatable bonds is 3. The lowest BCUT2D eigenvalue weighted by Gasteiger charge is -2.29. The summed E-state index contributed by atoms with van der Waals surface area (Å²) in [6, 6.07) is 2.97. The lowest BCUT2D eigenvalue weighted by Crippen LogP contribution is -2.35. The molecule has 2 rings (SSSR count). The topological polar surface area (TPSA) is 27.0 Å². The van der Waals surface area contributed by atoms with E-state index >= 15 is 0 Å². The summed E-state index contributed by atoms with van der Waals surface area (Å²) in [6.45, 7) is 8.92. The Morgan fingerprint density at radius 2 is 2.00 bits per heavy atom. The van der Waals surface area contributed by atoms with Gasteiger partial charge in [0, 0.05) is 19.1 Å². The minimum atomic E-state index is -0.161. The summed E-state index contributed by atoms with van der Waals surface area (Å²) in [7, 11) is 0. The van der Waals surface area contributed by atoms with Crippen LogP contribution in [-0.4, -0.2) is 24.0 Å². The molecule has 3 unspecified atom stereocenters. The van der Waals surface area contributed by atoms with Crippen molar-refractivity contribution in [3.63, 3.8) is 0 Å². The second kappa shape index (κ2) is 3.24. The Kier molecular flexibility index (Phi) is 2.31. The van der Waals surface area contributed by atoms with Crippen molar-refractivity contribution in [3.8, 4) is 6.07 Å². The van der Waals surface area contributed by atoms with E-state index in [0.29, 0.717) is 6.04 Å². The molecule has 0 aromatic rings. The molecular formula is C12H20N2. The molecular weight excluding hydrogens is 172 g/mol. The predicted molar refractivity (Wildman–Crippen MR) is 56.6 cm³/mol. The highest BCUT2D eigenvalue weighted by Crippen LogP contribution is 2.46. The van der Waals surface area contributed by atoms with E-state index in [2.05, 4.69) is 17.9 Å². The van der Waals surface area contributed by atoms with Gasteiger partial charge in [0.1, 0.15) is 0 Å². The van der Waals surface area contributed by atoms with E-state index in [1.165, 1.54) is 19.5 Å². The molecule has 1 aliphatic heterocycles. The average Bonchev–Trinajstić information content (AvgIpc) is 2.73. The molecule has 0 aromatic carbocycles. The third kappa shape index (κ3) is 1.93. The standard InChI is InChI=1S/C12H20N2/c1-9(5-12(2,3)8-13)14-6-10-4-11(10)7-14/h9-11H,4-7H2,1-3H3. The molecule has 1 saturated heterocycles. The Morgan fingerprint density at radius 1 is 1.43 bits per heavy atom. The van der Waals surface area contributed by atoms with Crippen molar-refractivity contribution in [2.24, 2.45) is 17.3 Å². The van der Waals surface area contributed by atoms with E-state index in [0.717, 1.165) is 18.3 Å². The molecule has 0 aromatic heterocycles. The van der Waals surface area contributed by atoms with Crippen molar-refractivity contribution in [3.05, 3.63) is 0 Å². The van der Waals surface area contributed by atoms with Gasteiger partial charge in [-0.3, -0.25) is 0 Å². The van der Waals surface area contributed by atoms with Crippen molar-refractivity contribution in [2.45, 2.75) is 39.7 Å². The number of likely N-dealkylation sites (tertiary alicyclic amines) is 1. The van der Waals surface area contributed by atoms with Crippen LogP contribution in [0.15, 0.2) is 0 Å². The predicted octanol–water partition coefficient (Wildman–Crippen LogP) is 2.27. The smallest absolute Gasteiger partial charge is 0.0684 e. The second-order valence-electron chi connectivity index (χ2n) is 5.76. The maximum Gasteiger partial charge on any atom is 0.0684 e. The molecule has 0 spiro atoms. The fourth-order valence-electron chi connectivity index (χ4n) is 2.71. The van der Waals surface area contributed by atoms with Gasteiger partial charge in [0.25, 0.3) is 0 Å². The highest BCUT2D eigenvalue weighted by Gasteiger charge is 2.46. The number of nitrogens with zero attached hydrogens (tertiary/aromatic N) is 2. The number of nitriles is 1. The van der Waals surface area contributed by atoms with Crippen molar-refractivity contribution >= 4 is 0 Å². The van der Waals surface area contributed by atoms with Crippen molar-refractivity contribution in [2.75, 3.05) is 13.1 Å². The number of hydrogen-bond acceptors (Lipinski definition) is 2. The van der Waals surface area contributed by atoms with Crippen LogP contribution in [0.1, 0.15) is 33.6 Å². The van der Waals surface area contributed by atoms with Crippen LogP contribution in [0.4, 0.5) is 0 Å². The van der Waals surface area contributed by atoms with Crippen LogP contribution in [0.5, 0.6) is 0 Å². The first-order valence-corrected chi connectivity index (χ1v) is 5.67. The Hall–Kier alpha value is -0.550. The van der Waals surface area contributed by atoms with Crippen LogP contribution in [0.2, 0.25) is 0 Å². The highest BCUT2D eigenvalue weighted by atomic mass is 15.2. The normalized spacial score (nSPS) is 33.6. The van der Waals surface area contributed by atoms with E-state index in [1.807, 2.05) is 13.8 Å². The van der Waals surface area contributed by atoms with Gasteiger partial charge in [-0.1, -0.05) is 0 Å². The minimum absolute atomic E-state index is 0.161. The van der Waals surface area contributed by atoms with Gasteiger partial charge in [-0.25, -0.2) is 0 Å². The minimum Gasteiger partial charge on any atom is -0.300 e. The molecule has 0 N–H and O–H groups in total. The second-order valence-corrected chi connectivity index (χ2v) is 5.76. The van der Waals surface area contributed by atoms with Crippen LogP contribution in [0.25, 0.3) is 0 Å². The molecule has 0 amide bonds. The molecule has 0 bridgehead atoms. The number of piperidine rings is 1. The molecule has 2 heteroatoms. The largest absolute Gasteiger partial charge is 0.300 e. The zero-order chi connectivity index (χ0) is 10.3. The lowest BCUT2D eigenvalue weighted by molar-refractivity contribution is 0.190. The first kappa shape index (κ1) is 9.98. The lowest BCUT2D eigenvalue weighted by atomic mass is 9.87. The molecule has 2 aliphatic rings. The summed E-state index contributed by atoms with van der Waals surface area (Å²) in [5.41, 5.74) is -0.161. The van der Waals surface area contributed by atoms with Crippen molar-refractivity contribution in [1.29, 1.82) is 5.26 Å². The third-order valence-corrected chi connectivity index (χ3v) is 3.74. The Balaban J connectivity index is 1.84. The van der Waals surface area contributed by atoms with Gasteiger partial charge in [-0.05, 0) is 45.4 Å². The third-order valence-electron chi connectivity index (χ3n) is 3.74. The zero-order valence-electron chi connectivity index (χ0n) is 9.45. The number of hydrogen-bond donors (Lipinski definition) is 0. The first-order valence-electron chi connectivity index (χ1n) is 5.67. The molecule has 1 aliphatic carbocycles. The fourth-order valence-corrected chi connectivity index (χ4v) is 2.71.